The van der Waals surface area contributed by atoms with E-state index in [0.29, 0.717) is 31.6 Å². The SMILES string of the molecule is CC(=O)N1CCCC1C(=O)NC(CC(C)C)C(=O)NC(Cc1cncn1CCCCCCCCc1ccccc1)C(=O)NC(CO)C(=O)NC(C([NH3+])=O)C(C)OP(=O)(O)O. The Hall–Kier alpha value is -4.52. The molecule has 10 N–H and O–H groups in total. The fourth-order valence-electron chi connectivity index (χ4n) is 7.22. The third kappa shape index (κ3) is 16.9. The van der Waals surface area contributed by atoms with E-state index in [0.717, 1.165) is 51.9 Å². The molecular formula is C40H64N8O11P+. The molecule has 19 nitrogen and oxygen atoms in total. The van der Waals surface area contributed by atoms with Gasteiger partial charge in [0.2, 0.25) is 29.5 Å². The number of likely N-dealkylation sites (tertiary alicyclic amines) is 1. The van der Waals surface area contributed by atoms with E-state index in [2.05, 4.69) is 48.6 Å². The zero-order valence-corrected chi connectivity index (χ0v) is 36.0. The van der Waals surface area contributed by atoms with Crippen molar-refractivity contribution >= 4 is 43.3 Å². The van der Waals surface area contributed by atoms with E-state index in [1.165, 1.54) is 17.4 Å². The van der Waals surface area contributed by atoms with Crippen molar-refractivity contribution in [2.45, 2.75) is 141 Å². The summed E-state index contributed by atoms with van der Waals surface area (Å²) in [6.07, 6.45) is 10.00. The second-order valence-electron chi connectivity index (χ2n) is 15.8. The van der Waals surface area contributed by atoms with E-state index < -0.39 is 80.3 Å². The molecule has 0 saturated carbocycles. The number of aromatic nitrogens is 2. The maximum absolute atomic E-state index is 14.0. The van der Waals surface area contributed by atoms with Gasteiger partial charge in [-0.15, -0.1) is 0 Å². The lowest BCUT2D eigenvalue weighted by Crippen LogP contribution is -2.70. The smallest absolute Gasteiger partial charge is 0.394 e. The first-order chi connectivity index (χ1) is 28.4. The molecule has 0 spiro atoms. The van der Waals surface area contributed by atoms with E-state index in [-0.39, 0.29) is 24.7 Å². The molecule has 2 aromatic rings. The number of unbranched alkanes of at least 4 members (excludes halogenated alkanes) is 5. The van der Waals surface area contributed by atoms with Gasteiger partial charge < -0.3 is 45.6 Å². The van der Waals surface area contributed by atoms with E-state index in [9.17, 15) is 48.2 Å². The van der Waals surface area contributed by atoms with Crippen LogP contribution in [0.2, 0.25) is 0 Å². The molecule has 6 unspecified atom stereocenters. The lowest BCUT2D eigenvalue weighted by atomic mass is 10.0. The average molecular weight is 864 g/mol. The monoisotopic (exact) mass is 863 g/mol. The molecule has 1 aliphatic rings. The van der Waals surface area contributed by atoms with Gasteiger partial charge in [0.1, 0.15) is 30.3 Å². The molecule has 0 aliphatic carbocycles. The highest BCUT2D eigenvalue weighted by Gasteiger charge is 2.38. The summed E-state index contributed by atoms with van der Waals surface area (Å²) in [6.45, 7) is 6.25. The second kappa shape index (κ2) is 24.7. The van der Waals surface area contributed by atoms with Crippen molar-refractivity contribution in [3.8, 4) is 0 Å². The molecule has 0 bridgehead atoms. The summed E-state index contributed by atoms with van der Waals surface area (Å²) in [7, 11) is -5.08. The van der Waals surface area contributed by atoms with Crippen molar-refractivity contribution in [2.24, 2.45) is 5.92 Å². The molecule has 1 fully saturated rings. The number of aryl methyl sites for hydroxylation is 2. The molecule has 1 aromatic heterocycles. The van der Waals surface area contributed by atoms with Crippen LogP contribution in [0.4, 0.5) is 0 Å². The number of hydrogen-bond donors (Lipinski definition) is 8. The fraction of sp³-hybridized carbons (Fsp3) is 0.625. The molecule has 0 radical (unpaired) electrons. The van der Waals surface area contributed by atoms with E-state index in [1.807, 2.05) is 36.6 Å². The van der Waals surface area contributed by atoms with Crippen LogP contribution in [-0.2, 0) is 57.2 Å². The number of quaternary nitrogens is 1. The summed E-state index contributed by atoms with van der Waals surface area (Å²) in [5, 5.41) is 20.3. The van der Waals surface area contributed by atoms with Gasteiger partial charge in [0.25, 0.3) is 0 Å². The molecule has 1 aliphatic heterocycles. The summed E-state index contributed by atoms with van der Waals surface area (Å²) in [5.74, 6) is -4.49. The van der Waals surface area contributed by atoms with Gasteiger partial charge >= 0.3 is 13.7 Å². The lowest BCUT2D eigenvalue weighted by molar-refractivity contribution is -0.310. The van der Waals surface area contributed by atoms with Crippen LogP contribution in [0.1, 0.15) is 96.7 Å². The normalized spacial score (nSPS) is 16.7. The molecule has 60 heavy (non-hydrogen) atoms. The Balaban J connectivity index is 1.76. The Kier molecular flexibility index (Phi) is 20.5. The number of carbonyl (C=O) groups is 6. The molecule has 6 atom stereocenters. The van der Waals surface area contributed by atoms with Gasteiger partial charge in [-0.05, 0) is 56.9 Å². The number of carbonyl (C=O) groups excluding carboxylic acids is 6. The van der Waals surface area contributed by atoms with Crippen molar-refractivity contribution in [2.75, 3.05) is 13.2 Å². The lowest BCUT2D eigenvalue weighted by Gasteiger charge is -2.28. The molecule has 2 heterocycles. The number of nitrogens with zero attached hydrogens (tertiary/aromatic N) is 3. The van der Waals surface area contributed by atoms with Crippen molar-refractivity contribution in [1.29, 1.82) is 0 Å². The molecule has 3 rings (SSSR count). The van der Waals surface area contributed by atoms with Crippen LogP contribution in [-0.4, -0.2) is 114 Å². The topological polar surface area (TPSA) is 286 Å². The summed E-state index contributed by atoms with van der Waals surface area (Å²) in [4.78, 5) is 103. The van der Waals surface area contributed by atoms with Crippen molar-refractivity contribution in [3.05, 3.63) is 54.1 Å². The van der Waals surface area contributed by atoms with Gasteiger partial charge in [-0.25, -0.2) is 14.3 Å². The van der Waals surface area contributed by atoms with Crippen LogP contribution in [0.15, 0.2) is 42.9 Å². The number of imidazole rings is 1. The molecule has 6 amide bonds. The van der Waals surface area contributed by atoms with E-state index in [1.54, 1.807) is 12.5 Å². The van der Waals surface area contributed by atoms with Crippen LogP contribution >= 0.6 is 7.82 Å². The fourth-order valence-corrected chi connectivity index (χ4v) is 7.77. The van der Waals surface area contributed by atoms with Gasteiger partial charge in [0.05, 0.1) is 12.9 Å². The van der Waals surface area contributed by atoms with Gasteiger partial charge in [0.15, 0.2) is 6.04 Å². The number of nitrogens with one attached hydrogen (secondary N) is 4. The third-order valence-electron chi connectivity index (χ3n) is 10.3. The van der Waals surface area contributed by atoms with Crippen LogP contribution < -0.4 is 27.0 Å². The molecular weight excluding hydrogens is 799 g/mol. The Morgan fingerprint density at radius 2 is 1.50 bits per heavy atom. The number of aliphatic hydroxyl groups excluding tert-OH is 1. The zero-order valence-electron chi connectivity index (χ0n) is 35.1. The first-order valence-corrected chi connectivity index (χ1v) is 22.1. The van der Waals surface area contributed by atoms with Crippen LogP contribution in [0.25, 0.3) is 0 Å². The first kappa shape index (κ1) is 49.8. The van der Waals surface area contributed by atoms with E-state index >= 15 is 0 Å². The summed E-state index contributed by atoms with van der Waals surface area (Å²) >= 11 is 0. The number of phosphoric acid groups is 1. The summed E-state index contributed by atoms with van der Waals surface area (Å²) in [5.41, 5.74) is 5.12. The number of benzene rings is 1. The highest BCUT2D eigenvalue weighted by atomic mass is 31.2. The minimum Gasteiger partial charge on any atom is -0.394 e. The first-order valence-electron chi connectivity index (χ1n) is 20.6. The summed E-state index contributed by atoms with van der Waals surface area (Å²) in [6, 6.07) is 3.80. The largest absolute Gasteiger partial charge is 0.469 e. The number of hydrogen-bond acceptors (Lipinski definition) is 10. The van der Waals surface area contributed by atoms with Crippen LogP contribution in [0, 0.1) is 5.92 Å². The Bertz CT molecular complexity index is 1770. The average Bonchev–Trinajstić information content (AvgIpc) is 3.86. The zero-order chi connectivity index (χ0) is 44.4. The van der Waals surface area contributed by atoms with Crippen LogP contribution in [0.5, 0.6) is 0 Å². The quantitative estimate of drug-likeness (QED) is 0.0467. The van der Waals surface area contributed by atoms with Crippen LogP contribution in [0.3, 0.4) is 0 Å². The number of aliphatic hydroxyl groups is 1. The minimum absolute atomic E-state index is 0.0748. The Morgan fingerprint density at radius 1 is 0.883 bits per heavy atom. The van der Waals surface area contributed by atoms with Gasteiger partial charge in [0, 0.05) is 38.3 Å². The number of rotatable bonds is 26. The predicted molar refractivity (Wildman–Crippen MR) is 219 cm³/mol. The maximum Gasteiger partial charge on any atom is 0.469 e. The number of phosphoric ester groups is 1. The molecule has 1 saturated heterocycles. The van der Waals surface area contributed by atoms with Crippen molar-refractivity contribution in [3.63, 3.8) is 0 Å². The Labute approximate surface area is 351 Å². The van der Waals surface area contributed by atoms with Crippen molar-refractivity contribution in [1.82, 2.24) is 35.7 Å². The van der Waals surface area contributed by atoms with Gasteiger partial charge in [-0.2, -0.15) is 0 Å². The van der Waals surface area contributed by atoms with Gasteiger partial charge in [-0.3, -0.25) is 34.2 Å². The second-order valence-corrected chi connectivity index (χ2v) is 17.0. The van der Waals surface area contributed by atoms with Crippen molar-refractivity contribution < 1.29 is 58.5 Å². The predicted octanol–water partition coefficient (Wildman–Crippen LogP) is 0.264. The Morgan fingerprint density at radius 3 is 2.12 bits per heavy atom. The molecule has 1 aromatic carbocycles. The maximum atomic E-state index is 14.0. The standard InChI is InChI=1S/C40H63N8O11P/c1-26(2)21-31(44-40(55)34-18-14-20-48(34)28(4)50)37(52)43-32(38(53)45-33(24-49)39(54)46-35(36(41)51)27(3)59-60(56,57)58)22-30-23-42-25-47(30)19-13-8-6-5-7-10-15-29-16-11-9-12-17-29/h9,11-12,16-17,23,25-27,31-35,49H,5-8,10,13-15,18-22,24H2,1-4H3,(H2,41,51)(H,43,52)(H,44,55)(H,45,53)(H,46,54)(H2,56,57,58)/p+1. The highest BCUT2D eigenvalue weighted by Crippen LogP contribution is 2.38. The number of amides is 6. The highest BCUT2D eigenvalue weighted by molar-refractivity contribution is 7.46. The minimum atomic E-state index is -5.08. The molecule has 20 heteroatoms. The van der Waals surface area contributed by atoms with E-state index in [4.69, 9.17) is 0 Å². The molecule has 334 valence electrons. The van der Waals surface area contributed by atoms with Gasteiger partial charge in [-0.1, -0.05) is 69.9 Å². The summed E-state index contributed by atoms with van der Waals surface area (Å²) < 4.78 is 17.8. The third-order valence-corrected chi connectivity index (χ3v) is 10.9.